The first-order valence-corrected chi connectivity index (χ1v) is 5.30. The molecular formula is C9H9N5OS. The zero-order chi connectivity index (χ0) is 11.4. The van der Waals surface area contributed by atoms with Crippen LogP contribution in [0.3, 0.4) is 0 Å². The molecule has 0 atom stereocenters. The second kappa shape index (κ2) is 4.77. The van der Waals surface area contributed by atoms with Crippen molar-refractivity contribution < 1.29 is 4.79 Å². The van der Waals surface area contributed by atoms with Gasteiger partial charge in [-0.2, -0.15) is 0 Å². The number of carbonyl (C=O) groups excluding carboxylic acids is 1. The Morgan fingerprint density at radius 3 is 3.12 bits per heavy atom. The van der Waals surface area contributed by atoms with Crippen molar-refractivity contribution in [3.63, 3.8) is 0 Å². The van der Waals surface area contributed by atoms with Crippen LogP contribution in [0.2, 0.25) is 0 Å². The molecule has 0 aliphatic rings. The normalized spacial score (nSPS) is 10.1. The van der Waals surface area contributed by atoms with E-state index in [2.05, 4.69) is 19.9 Å². The number of nitrogens with one attached hydrogen (secondary N) is 1. The lowest BCUT2D eigenvalue weighted by Gasteiger charge is -2.02. The molecule has 16 heavy (non-hydrogen) atoms. The van der Waals surface area contributed by atoms with Gasteiger partial charge in [0.05, 0.1) is 11.9 Å². The van der Waals surface area contributed by atoms with Crippen molar-refractivity contribution in [2.24, 2.45) is 5.73 Å². The van der Waals surface area contributed by atoms with Crippen LogP contribution in [0.1, 0.15) is 16.1 Å². The molecule has 6 nitrogen and oxygen atoms in total. The van der Waals surface area contributed by atoms with Gasteiger partial charge in [0.25, 0.3) is 5.91 Å². The van der Waals surface area contributed by atoms with E-state index in [0.717, 1.165) is 11.5 Å². The van der Waals surface area contributed by atoms with E-state index in [9.17, 15) is 4.79 Å². The van der Waals surface area contributed by atoms with E-state index in [-0.39, 0.29) is 5.91 Å². The number of carbonyl (C=O) groups is 1. The summed E-state index contributed by atoms with van der Waals surface area (Å²) in [6, 6.07) is 3.28. The van der Waals surface area contributed by atoms with Crippen molar-refractivity contribution in [2.75, 3.05) is 5.32 Å². The molecule has 3 N–H and O–H groups in total. The Kier molecular flexibility index (Phi) is 3.18. The number of anilines is 1. The van der Waals surface area contributed by atoms with Gasteiger partial charge < -0.3 is 11.1 Å². The van der Waals surface area contributed by atoms with Crippen molar-refractivity contribution in [3.05, 3.63) is 35.8 Å². The average Bonchev–Trinajstić information content (AvgIpc) is 2.82. The number of hydrogen-bond acceptors (Lipinski definition) is 6. The standard InChI is InChI=1S/C9H9N5OS/c10-4-7-3-6(1-2-11-7)9(15)13-8-5-12-14-16-8/h1-3,5H,4,10H2,(H,13,15). The Morgan fingerprint density at radius 2 is 2.44 bits per heavy atom. The smallest absolute Gasteiger partial charge is 0.256 e. The SMILES string of the molecule is NCc1cc(C(=O)Nc2cnns2)ccn1. The van der Waals surface area contributed by atoms with E-state index in [1.165, 1.54) is 6.20 Å². The Hall–Kier alpha value is -1.86. The summed E-state index contributed by atoms with van der Waals surface area (Å²) in [7, 11) is 0. The Morgan fingerprint density at radius 1 is 1.56 bits per heavy atom. The van der Waals surface area contributed by atoms with Crippen LogP contribution in [0, 0.1) is 0 Å². The monoisotopic (exact) mass is 235 g/mol. The van der Waals surface area contributed by atoms with Crippen LogP contribution in [-0.4, -0.2) is 20.5 Å². The lowest BCUT2D eigenvalue weighted by Crippen LogP contribution is -2.12. The molecule has 0 unspecified atom stereocenters. The minimum absolute atomic E-state index is 0.219. The summed E-state index contributed by atoms with van der Waals surface area (Å²) in [6.07, 6.45) is 3.05. The highest BCUT2D eigenvalue weighted by Crippen LogP contribution is 2.11. The van der Waals surface area contributed by atoms with Gasteiger partial charge >= 0.3 is 0 Å². The van der Waals surface area contributed by atoms with Gasteiger partial charge in [-0.05, 0) is 12.1 Å². The van der Waals surface area contributed by atoms with E-state index >= 15 is 0 Å². The molecular weight excluding hydrogens is 226 g/mol. The highest BCUT2D eigenvalue weighted by Gasteiger charge is 2.07. The lowest BCUT2D eigenvalue weighted by atomic mass is 10.2. The molecule has 7 heteroatoms. The summed E-state index contributed by atoms with van der Waals surface area (Å²) >= 11 is 1.12. The van der Waals surface area contributed by atoms with Gasteiger partial charge in [-0.3, -0.25) is 9.78 Å². The Balaban J connectivity index is 2.14. The first-order chi connectivity index (χ1) is 7.79. The fourth-order valence-corrected chi connectivity index (χ4v) is 1.55. The summed E-state index contributed by atoms with van der Waals surface area (Å²) in [5.41, 5.74) is 6.64. The van der Waals surface area contributed by atoms with Crippen molar-refractivity contribution in [2.45, 2.75) is 6.54 Å². The van der Waals surface area contributed by atoms with Crippen LogP contribution in [-0.2, 0) is 6.54 Å². The topological polar surface area (TPSA) is 93.8 Å². The van der Waals surface area contributed by atoms with Crippen molar-refractivity contribution in [1.29, 1.82) is 0 Å². The van der Waals surface area contributed by atoms with E-state index in [0.29, 0.717) is 22.8 Å². The second-order valence-electron chi connectivity index (χ2n) is 2.98. The first kappa shape index (κ1) is 10.7. The zero-order valence-electron chi connectivity index (χ0n) is 8.25. The van der Waals surface area contributed by atoms with Crippen LogP contribution < -0.4 is 11.1 Å². The quantitative estimate of drug-likeness (QED) is 0.814. The number of nitrogens with two attached hydrogens (primary N) is 1. The van der Waals surface area contributed by atoms with Gasteiger partial charge in [-0.25, -0.2) is 0 Å². The summed E-state index contributed by atoms with van der Waals surface area (Å²) in [5, 5.41) is 6.91. The minimum Gasteiger partial charge on any atom is -0.325 e. The number of pyridine rings is 1. The molecule has 2 aromatic rings. The highest BCUT2D eigenvalue weighted by molar-refractivity contribution is 7.10. The summed E-state index contributed by atoms with van der Waals surface area (Å²) in [5.74, 6) is -0.219. The molecule has 0 saturated carbocycles. The van der Waals surface area contributed by atoms with Crippen molar-refractivity contribution in [1.82, 2.24) is 14.6 Å². The largest absolute Gasteiger partial charge is 0.325 e. The number of nitrogens with zero attached hydrogens (tertiary/aromatic N) is 3. The van der Waals surface area contributed by atoms with E-state index < -0.39 is 0 Å². The molecule has 82 valence electrons. The molecule has 0 aliphatic carbocycles. The molecule has 0 fully saturated rings. The van der Waals surface area contributed by atoms with E-state index in [1.807, 2.05) is 0 Å². The molecule has 2 heterocycles. The van der Waals surface area contributed by atoms with E-state index in [1.54, 1.807) is 18.3 Å². The number of amides is 1. The fraction of sp³-hybridized carbons (Fsp3) is 0.111. The second-order valence-corrected chi connectivity index (χ2v) is 3.76. The van der Waals surface area contributed by atoms with Crippen molar-refractivity contribution in [3.8, 4) is 0 Å². The molecule has 0 bridgehead atoms. The number of hydrogen-bond donors (Lipinski definition) is 2. The van der Waals surface area contributed by atoms with Crippen LogP contribution in [0.5, 0.6) is 0 Å². The van der Waals surface area contributed by atoms with Gasteiger partial charge in [0.1, 0.15) is 5.00 Å². The Bertz CT molecular complexity index is 484. The van der Waals surface area contributed by atoms with Crippen molar-refractivity contribution >= 4 is 22.4 Å². The van der Waals surface area contributed by atoms with Crippen LogP contribution in [0.25, 0.3) is 0 Å². The molecule has 0 radical (unpaired) electrons. The Labute approximate surface area is 95.7 Å². The average molecular weight is 235 g/mol. The zero-order valence-corrected chi connectivity index (χ0v) is 9.07. The van der Waals surface area contributed by atoms with Gasteiger partial charge in [0, 0.05) is 29.8 Å². The van der Waals surface area contributed by atoms with Crippen LogP contribution in [0.15, 0.2) is 24.5 Å². The van der Waals surface area contributed by atoms with Gasteiger partial charge in [-0.1, -0.05) is 4.49 Å². The van der Waals surface area contributed by atoms with Crippen LogP contribution >= 0.6 is 11.5 Å². The molecule has 0 saturated heterocycles. The van der Waals surface area contributed by atoms with Gasteiger partial charge in [0.15, 0.2) is 0 Å². The predicted molar refractivity (Wildman–Crippen MR) is 60.0 cm³/mol. The summed E-state index contributed by atoms with van der Waals surface area (Å²) < 4.78 is 3.65. The molecule has 0 spiro atoms. The maximum absolute atomic E-state index is 11.8. The lowest BCUT2D eigenvalue weighted by molar-refractivity contribution is 0.102. The van der Waals surface area contributed by atoms with Gasteiger partial charge in [0.2, 0.25) is 0 Å². The predicted octanol–water partition coefficient (Wildman–Crippen LogP) is 0.644. The number of aromatic nitrogens is 3. The molecule has 0 aromatic carbocycles. The highest BCUT2D eigenvalue weighted by atomic mass is 32.1. The third-order valence-corrected chi connectivity index (χ3v) is 2.47. The van der Waals surface area contributed by atoms with E-state index in [4.69, 9.17) is 5.73 Å². The number of rotatable bonds is 3. The maximum atomic E-state index is 11.8. The molecule has 2 rings (SSSR count). The summed E-state index contributed by atoms with van der Waals surface area (Å²) in [6.45, 7) is 0.309. The summed E-state index contributed by atoms with van der Waals surface area (Å²) in [4.78, 5) is 15.8. The third-order valence-electron chi connectivity index (χ3n) is 1.89. The van der Waals surface area contributed by atoms with Gasteiger partial charge in [-0.15, -0.1) is 5.10 Å². The molecule has 2 aromatic heterocycles. The van der Waals surface area contributed by atoms with Crippen LogP contribution in [0.4, 0.5) is 5.00 Å². The first-order valence-electron chi connectivity index (χ1n) is 4.53. The maximum Gasteiger partial charge on any atom is 0.256 e. The minimum atomic E-state index is -0.219. The molecule has 1 amide bonds. The third kappa shape index (κ3) is 2.38. The molecule has 0 aliphatic heterocycles. The fourth-order valence-electron chi connectivity index (χ4n) is 1.14.